The molecular weight excluding hydrogens is 1810 g/mol. The van der Waals surface area contributed by atoms with E-state index in [9.17, 15) is 22.0 Å². The van der Waals surface area contributed by atoms with Gasteiger partial charge >= 0.3 is 6.18 Å². The van der Waals surface area contributed by atoms with Gasteiger partial charge in [-0.25, -0.2) is 43.7 Å². The van der Waals surface area contributed by atoms with Crippen molar-refractivity contribution in [2.24, 2.45) is 0 Å². The van der Waals surface area contributed by atoms with Crippen LogP contribution in [0, 0.1) is 80.9 Å². The van der Waals surface area contributed by atoms with Gasteiger partial charge in [0.25, 0.3) is 0 Å². The molecule has 5 aromatic carbocycles. The molecule has 0 spiro atoms. The second-order valence-electron chi connectivity index (χ2n) is 36.2. The van der Waals surface area contributed by atoms with Crippen LogP contribution in [0.25, 0.3) is 168 Å². The summed E-state index contributed by atoms with van der Waals surface area (Å²) < 4.78 is 78.6. The number of halogens is 5. The molecule has 0 bridgehead atoms. The van der Waals surface area contributed by atoms with E-state index in [2.05, 4.69) is 247 Å². The Morgan fingerprint density at radius 2 is 0.579 bits per heavy atom. The molecule has 0 saturated heterocycles. The average molecular weight is 1910 g/mol. The van der Waals surface area contributed by atoms with Gasteiger partial charge in [0.15, 0.2) is 0 Å². The number of pyridine rings is 13. The second kappa shape index (κ2) is 41.0. The highest BCUT2D eigenvalue weighted by molar-refractivity contribution is 5.87. The highest BCUT2D eigenvalue weighted by Gasteiger charge is 2.31. The summed E-state index contributed by atoms with van der Waals surface area (Å²) in [6.45, 7) is 19.7. The number of hydrogen-bond acceptors (Lipinski definition) is 13. The molecule has 0 atom stereocenters. The largest absolute Gasteiger partial charge is 0.416 e. The normalized spacial score (nSPS) is 11.7. The van der Waals surface area contributed by atoms with Crippen LogP contribution in [0.5, 0.6) is 0 Å². The summed E-state index contributed by atoms with van der Waals surface area (Å²) in [6.07, 6.45) is 32.7. The molecule has 1 saturated carbocycles. The van der Waals surface area contributed by atoms with Gasteiger partial charge in [-0.3, -0.25) is 29.9 Å². The molecule has 1 aliphatic carbocycles. The van der Waals surface area contributed by atoms with Crippen LogP contribution in [0.1, 0.15) is 86.4 Å². The first-order valence-electron chi connectivity index (χ1n) is 47.6. The first-order chi connectivity index (χ1) is 70.4. The van der Waals surface area contributed by atoms with E-state index in [0.717, 1.165) is 198 Å². The molecule has 19 aromatic heterocycles. The quantitative estimate of drug-likeness (QED) is 0.0991. The van der Waals surface area contributed by atoms with Gasteiger partial charge in [-0.15, -0.1) is 0 Å². The van der Waals surface area contributed by atoms with Gasteiger partial charge in [0, 0.05) is 229 Å². The molecule has 0 aliphatic heterocycles. The summed E-state index contributed by atoms with van der Waals surface area (Å²) in [6, 6.07) is 87.4. The fraction of sp³-hybridized carbons (Fsp3) is 0.116. The van der Waals surface area contributed by atoms with Crippen molar-refractivity contribution in [2.75, 3.05) is 0 Å². The molecule has 24 heteroatoms. The Morgan fingerprint density at radius 3 is 0.938 bits per heavy atom. The predicted octanol–water partition coefficient (Wildman–Crippen LogP) is 29.0. The van der Waals surface area contributed by atoms with E-state index in [-0.39, 0.29) is 11.6 Å². The van der Waals surface area contributed by atoms with Gasteiger partial charge in [-0.05, 0) is 269 Å². The van der Waals surface area contributed by atoms with Crippen LogP contribution in [0.15, 0.2) is 385 Å². The van der Waals surface area contributed by atoms with Crippen molar-refractivity contribution < 1.29 is 22.0 Å². The number of aryl methyl sites for hydroxylation is 10. The smallest absolute Gasteiger partial charge is 0.306 e. The molecule has 0 unspecified atom stereocenters. The second-order valence-corrected chi connectivity index (χ2v) is 36.2. The monoisotopic (exact) mass is 1910 g/mol. The number of hydrogen-bond donors (Lipinski definition) is 0. The standard InChI is InChI=1S/C22H19N3.C20H14F3N3.C20H16FN3.2C20H17N3.C19H15FN4/c1-15-13-24-21-10-9-19(14-25(15)21)20-6-3-11-23-22(20)18-5-2-4-17(12-18)16-7-8-16;1-13-11-25-18-8-7-15(12-26(13)18)17-6-3-9-24-19(17)14-4-2-5-16(10-14)20(21,22)23;1-13-10-15(5-7-18(13)21)20-17(4-3-9-22-20)16-6-8-19-23-14(2)11-24(19)12-16;1-14-5-3-6-16(11-14)20-18(7-4-10-21-20)17-8-9-19-22-15(2)12-23(19)13-17;1-14-5-3-6-16(11-14)20-18(7-4-10-21-20)17-8-9-19-22-12-15(2)23(19)13-17;1-12-10-22-18-8-5-14(11-24(12)18)15-4-3-9-21-19(15)17-7-6-16(20)13(2)23-17/h2-6,9-14,16H,7-8H2,1H3;2-12H,1H3;3-12H,1-2H3;2*3-13H,1-2H3;3-11H,1-2H3. The van der Waals surface area contributed by atoms with Crippen molar-refractivity contribution >= 4 is 33.9 Å². The maximum absolute atomic E-state index is 13.6. The summed E-state index contributed by atoms with van der Waals surface area (Å²) in [5.41, 5.74) is 39.2. The highest BCUT2D eigenvalue weighted by atomic mass is 19.4. The lowest BCUT2D eigenvalue weighted by Gasteiger charge is -2.12. The lowest BCUT2D eigenvalue weighted by Crippen LogP contribution is -2.04. The first kappa shape index (κ1) is 94.5. The molecule has 1 aliphatic rings. The molecule has 19 heterocycles. The van der Waals surface area contributed by atoms with Crippen LogP contribution >= 0.6 is 0 Å². The van der Waals surface area contributed by atoms with E-state index in [4.69, 9.17) is 4.98 Å². The molecule has 145 heavy (non-hydrogen) atoms. The average Bonchev–Trinajstić information content (AvgIpc) is 1.78. The fourth-order valence-electron chi connectivity index (χ4n) is 18.0. The van der Waals surface area contributed by atoms with Crippen LogP contribution in [-0.4, -0.2) is 91.2 Å². The molecule has 1 fully saturated rings. The molecular formula is C121H98F5N19. The number of fused-ring (bicyclic) bond motifs is 6. The van der Waals surface area contributed by atoms with E-state index in [1.54, 1.807) is 62.9 Å². The number of imidazole rings is 6. The van der Waals surface area contributed by atoms with Gasteiger partial charge in [0.05, 0.1) is 62.5 Å². The summed E-state index contributed by atoms with van der Waals surface area (Å²) in [7, 11) is 0. The molecule has 19 nitrogen and oxygen atoms in total. The molecule has 0 radical (unpaired) electrons. The van der Waals surface area contributed by atoms with Crippen LogP contribution in [-0.2, 0) is 6.18 Å². The third kappa shape index (κ3) is 20.8. The lowest BCUT2D eigenvalue weighted by atomic mass is 9.98. The molecule has 24 aromatic rings. The maximum atomic E-state index is 13.6. The minimum atomic E-state index is -4.39. The maximum Gasteiger partial charge on any atom is 0.416 e. The number of rotatable bonds is 13. The Morgan fingerprint density at radius 1 is 0.262 bits per heavy atom. The van der Waals surface area contributed by atoms with E-state index >= 15 is 0 Å². The Kier molecular flexibility index (Phi) is 26.7. The molecule has 712 valence electrons. The van der Waals surface area contributed by atoms with Gasteiger partial charge in [-0.2, -0.15) is 13.2 Å². The zero-order valence-electron chi connectivity index (χ0n) is 81.3. The Labute approximate surface area is 834 Å². The van der Waals surface area contributed by atoms with Crippen molar-refractivity contribution in [3.05, 3.63) is 464 Å². The van der Waals surface area contributed by atoms with Crippen LogP contribution in [0.4, 0.5) is 22.0 Å². The van der Waals surface area contributed by atoms with Crippen molar-refractivity contribution in [2.45, 2.75) is 94.2 Å². The zero-order valence-corrected chi connectivity index (χ0v) is 81.3. The Hall–Kier alpha value is -18.1. The minimum absolute atomic E-state index is 0.202. The van der Waals surface area contributed by atoms with Crippen molar-refractivity contribution in [3.8, 4) is 134 Å². The summed E-state index contributed by atoms with van der Waals surface area (Å²) >= 11 is 0. The van der Waals surface area contributed by atoms with Crippen molar-refractivity contribution in [3.63, 3.8) is 0 Å². The van der Waals surface area contributed by atoms with E-state index in [1.165, 1.54) is 53.3 Å². The van der Waals surface area contributed by atoms with Crippen LogP contribution in [0.2, 0.25) is 0 Å². The molecule has 0 N–H and O–H groups in total. The summed E-state index contributed by atoms with van der Waals surface area (Å²) in [5.74, 6) is 0.232. The van der Waals surface area contributed by atoms with E-state index < -0.39 is 11.7 Å². The van der Waals surface area contributed by atoms with Gasteiger partial charge < -0.3 is 26.4 Å². The number of benzene rings is 5. The molecule has 0 amide bonds. The number of aromatic nitrogens is 19. The number of alkyl halides is 3. The first-order valence-corrected chi connectivity index (χ1v) is 47.6. The van der Waals surface area contributed by atoms with Crippen LogP contribution in [0.3, 0.4) is 0 Å². The van der Waals surface area contributed by atoms with E-state index in [1.807, 2.05) is 200 Å². The minimum Gasteiger partial charge on any atom is -0.306 e. The Bertz CT molecular complexity index is 8910. The van der Waals surface area contributed by atoms with Crippen molar-refractivity contribution in [1.29, 1.82) is 0 Å². The highest BCUT2D eigenvalue weighted by Crippen LogP contribution is 2.44. The van der Waals surface area contributed by atoms with Crippen molar-refractivity contribution in [1.82, 2.24) is 91.2 Å². The zero-order chi connectivity index (χ0) is 100. The topological polar surface area (TPSA) is 194 Å². The van der Waals surface area contributed by atoms with Gasteiger partial charge in [0.2, 0.25) is 0 Å². The summed E-state index contributed by atoms with van der Waals surface area (Å²) in [5, 5.41) is 0. The SMILES string of the molecule is Cc1cccc(-c2ncccc2-c2ccc3nc(C)cn3c2)c1.Cc1cccc(-c2ncccc2-c2ccc3ncc(C)n3c2)c1.Cc1cn2cc(-c3cccnc3-c3ccc(F)c(C)c3)ccc2n1.Cc1cnc2ccc(-c3cccnc3-c3cccc(C(F)(F)F)c3)cn12.Cc1cnc2ccc(-c3cccnc3-c3cccc(C4CC4)c3)cn12.Cc1nc(-c2ncccc2-c2ccc3ncc(C)n3c2)ccc1F. The van der Waals surface area contributed by atoms with E-state index in [0.29, 0.717) is 28.2 Å². The third-order valence-electron chi connectivity index (χ3n) is 25.6. The predicted molar refractivity (Wildman–Crippen MR) is 565 cm³/mol. The van der Waals surface area contributed by atoms with Crippen LogP contribution < -0.4 is 0 Å². The summed E-state index contributed by atoms with van der Waals surface area (Å²) in [4.78, 5) is 58.1. The fourth-order valence-corrected chi connectivity index (χ4v) is 18.0. The van der Waals surface area contributed by atoms with Gasteiger partial charge in [-0.1, -0.05) is 114 Å². The number of nitrogens with zero attached hydrogens (tertiary/aromatic N) is 19. The lowest BCUT2D eigenvalue weighted by molar-refractivity contribution is -0.137. The third-order valence-corrected chi connectivity index (χ3v) is 25.6. The van der Waals surface area contributed by atoms with Gasteiger partial charge in [0.1, 0.15) is 45.5 Å². The Balaban J connectivity index is 0.000000106. The molecule has 25 rings (SSSR count).